The van der Waals surface area contributed by atoms with E-state index in [0.29, 0.717) is 0 Å². The molecule has 0 spiro atoms. The summed E-state index contributed by atoms with van der Waals surface area (Å²) in [5, 5.41) is 12.8. The van der Waals surface area contributed by atoms with Crippen LogP contribution in [0.3, 0.4) is 0 Å². The predicted octanol–water partition coefficient (Wildman–Crippen LogP) is 3.58. The number of hydrogen-bond donors (Lipinski definition) is 0. The second kappa shape index (κ2) is 7.36. The van der Waals surface area contributed by atoms with Gasteiger partial charge in [0.15, 0.2) is 5.82 Å². The maximum atomic E-state index is 5.49. The number of methoxy groups -OCH3 is 1. The molecule has 146 valence electrons. The molecule has 0 amide bonds. The van der Waals surface area contributed by atoms with Crippen molar-refractivity contribution in [3.63, 3.8) is 0 Å². The van der Waals surface area contributed by atoms with E-state index in [0.717, 1.165) is 36.6 Å². The number of ether oxygens (including phenoxy) is 1. The molecule has 4 rings (SSSR count). The van der Waals surface area contributed by atoms with E-state index in [1.54, 1.807) is 7.11 Å². The minimum atomic E-state index is -0.205. The van der Waals surface area contributed by atoms with Gasteiger partial charge in [0.25, 0.3) is 0 Å². The van der Waals surface area contributed by atoms with Crippen molar-refractivity contribution < 1.29 is 4.74 Å². The summed E-state index contributed by atoms with van der Waals surface area (Å²) in [5.41, 5.74) is 3.73. The number of aromatic nitrogens is 4. The van der Waals surface area contributed by atoms with Gasteiger partial charge in [0.05, 0.1) is 18.7 Å². The zero-order chi connectivity index (χ0) is 19.7. The van der Waals surface area contributed by atoms with E-state index < -0.39 is 0 Å². The third-order valence-corrected chi connectivity index (χ3v) is 5.31. The molecule has 0 saturated carbocycles. The molecule has 0 bridgehead atoms. The highest BCUT2D eigenvalue weighted by Crippen LogP contribution is 2.34. The van der Waals surface area contributed by atoms with Crippen LogP contribution in [-0.2, 0) is 18.5 Å². The number of tetrazole rings is 1. The Hall–Kier alpha value is -2.73. The summed E-state index contributed by atoms with van der Waals surface area (Å²) in [6, 6.07) is 16.9. The summed E-state index contributed by atoms with van der Waals surface area (Å²) in [7, 11) is 1.70. The predicted molar refractivity (Wildman–Crippen MR) is 108 cm³/mol. The quantitative estimate of drug-likeness (QED) is 0.695. The molecule has 6 nitrogen and oxygen atoms in total. The number of fused-ring (bicyclic) bond motifs is 1. The maximum Gasteiger partial charge on any atom is 0.173 e. The molecule has 1 atom stereocenters. The Morgan fingerprint density at radius 3 is 2.57 bits per heavy atom. The monoisotopic (exact) mass is 377 g/mol. The van der Waals surface area contributed by atoms with Gasteiger partial charge in [-0.25, -0.2) is 4.68 Å². The topological polar surface area (TPSA) is 56.1 Å². The Balaban J connectivity index is 1.80. The van der Waals surface area contributed by atoms with Crippen LogP contribution in [0.2, 0.25) is 0 Å². The summed E-state index contributed by atoms with van der Waals surface area (Å²) in [5.74, 6) is 1.70. The molecule has 0 aliphatic carbocycles. The van der Waals surface area contributed by atoms with Crippen LogP contribution in [0.5, 0.6) is 5.75 Å². The molecule has 28 heavy (non-hydrogen) atoms. The van der Waals surface area contributed by atoms with Gasteiger partial charge in [0.2, 0.25) is 0 Å². The van der Waals surface area contributed by atoms with Gasteiger partial charge < -0.3 is 4.74 Å². The molecule has 0 radical (unpaired) electrons. The highest BCUT2D eigenvalue weighted by atomic mass is 16.5. The summed E-state index contributed by atoms with van der Waals surface area (Å²) in [6.07, 6.45) is 1.02. The Labute approximate surface area is 166 Å². The molecule has 0 fully saturated rings. The molecule has 2 heterocycles. The third-order valence-electron chi connectivity index (χ3n) is 5.31. The van der Waals surface area contributed by atoms with E-state index in [1.165, 1.54) is 11.1 Å². The van der Waals surface area contributed by atoms with Crippen molar-refractivity contribution in [2.24, 2.45) is 0 Å². The molecule has 2 aromatic carbocycles. The first-order valence-electron chi connectivity index (χ1n) is 9.71. The standard InChI is InChI=1S/C22H27N5O/c1-22(2,3)27-21(23-24-25-27)20(17-10-7-11-19(14-17)28-4)26-13-12-16-8-5-6-9-18(16)15-26/h5-11,14,20H,12-13,15H2,1-4H3. The van der Waals surface area contributed by atoms with Gasteiger partial charge in [-0.2, -0.15) is 0 Å². The average Bonchev–Trinajstić information content (AvgIpc) is 3.18. The second-order valence-corrected chi connectivity index (χ2v) is 8.29. The van der Waals surface area contributed by atoms with Crippen LogP contribution in [0.25, 0.3) is 0 Å². The smallest absolute Gasteiger partial charge is 0.173 e. The molecule has 1 aliphatic rings. The van der Waals surface area contributed by atoms with Crippen molar-refractivity contribution in [3.8, 4) is 5.75 Å². The molecule has 1 unspecified atom stereocenters. The number of benzene rings is 2. The molecular formula is C22H27N5O. The van der Waals surface area contributed by atoms with Gasteiger partial charge in [-0.1, -0.05) is 36.4 Å². The van der Waals surface area contributed by atoms with E-state index in [4.69, 9.17) is 4.74 Å². The zero-order valence-corrected chi connectivity index (χ0v) is 17.0. The summed E-state index contributed by atoms with van der Waals surface area (Å²) >= 11 is 0. The lowest BCUT2D eigenvalue weighted by molar-refractivity contribution is 0.185. The van der Waals surface area contributed by atoms with Crippen LogP contribution >= 0.6 is 0 Å². The van der Waals surface area contributed by atoms with Gasteiger partial charge in [0, 0.05) is 13.1 Å². The minimum absolute atomic E-state index is 0.0438. The van der Waals surface area contributed by atoms with Gasteiger partial charge in [0.1, 0.15) is 5.75 Å². The molecule has 0 saturated heterocycles. The van der Waals surface area contributed by atoms with Crippen molar-refractivity contribution in [3.05, 3.63) is 71.0 Å². The molecule has 1 aromatic heterocycles. The lowest BCUT2D eigenvalue weighted by Crippen LogP contribution is -2.38. The van der Waals surface area contributed by atoms with Crippen molar-refractivity contribution in [1.82, 2.24) is 25.1 Å². The largest absolute Gasteiger partial charge is 0.497 e. The van der Waals surface area contributed by atoms with E-state index in [2.05, 4.69) is 77.6 Å². The van der Waals surface area contributed by atoms with E-state index in [9.17, 15) is 0 Å². The Morgan fingerprint density at radius 2 is 1.82 bits per heavy atom. The lowest BCUT2D eigenvalue weighted by Gasteiger charge is -2.36. The lowest BCUT2D eigenvalue weighted by atomic mass is 9.95. The fourth-order valence-electron chi connectivity index (χ4n) is 3.92. The van der Waals surface area contributed by atoms with Crippen LogP contribution in [0.1, 0.15) is 49.3 Å². The average molecular weight is 377 g/mol. The van der Waals surface area contributed by atoms with Crippen molar-refractivity contribution in [1.29, 1.82) is 0 Å². The molecule has 1 aliphatic heterocycles. The first-order valence-corrected chi connectivity index (χ1v) is 9.71. The maximum absolute atomic E-state index is 5.49. The fourth-order valence-corrected chi connectivity index (χ4v) is 3.92. The minimum Gasteiger partial charge on any atom is -0.497 e. The number of hydrogen-bond acceptors (Lipinski definition) is 5. The second-order valence-electron chi connectivity index (χ2n) is 8.29. The van der Waals surface area contributed by atoms with Gasteiger partial charge >= 0.3 is 0 Å². The molecule has 0 N–H and O–H groups in total. The summed E-state index contributed by atoms with van der Waals surface area (Å²) in [4.78, 5) is 2.46. The SMILES string of the molecule is COc1cccc(C(c2nnnn2C(C)(C)C)N2CCc3ccccc3C2)c1. The molecule has 6 heteroatoms. The van der Waals surface area contributed by atoms with Crippen LogP contribution in [0.15, 0.2) is 48.5 Å². The van der Waals surface area contributed by atoms with Gasteiger partial charge in [-0.3, -0.25) is 4.90 Å². The first kappa shape index (κ1) is 18.6. The Morgan fingerprint density at radius 1 is 1.04 bits per heavy atom. The van der Waals surface area contributed by atoms with E-state index >= 15 is 0 Å². The van der Waals surface area contributed by atoms with Crippen LogP contribution in [-0.4, -0.2) is 38.8 Å². The summed E-state index contributed by atoms with van der Waals surface area (Å²) in [6.45, 7) is 8.20. The normalized spacial score (nSPS) is 15.9. The Kier molecular flexibility index (Phi) is 4.89. The molecular weight excluding hydrogens is 350 g/mol. The highest BCUT2D eigenvalue weighted by Gasteiger charge is 2.33. The first-order chi connectivity index (χ1) is 13.5. The third kappa shape index (κ3) is 3.52. The fraction of sp³-hybridized carbons (Fsp3) is 0.409. The Bertz CT molecular complexity index is 959. The molecule has 3 aromatic rings. The van der Waals surface area contributed by atoms with E-state index in [1.807, 2.05) is 16.8 Å². The summed E-state index contributed by atoms with van der Waals surface area (Å²) < 4.78 is 7.43. The highest BCUT2D eigenvalue weighted by molar-refractivity contribution is 5.35. The van der Waals surface area contributed by atoms with Crippen LogP contribution in [0, 0.1) is 0 Å². The van der Waals surface area contributed by atoms with Crippen LogP contribution in [0.4, 0.5) is 0 Å². The van der Waals surface area contributed by atoms with Crippen molar-refractivity contribution in [2.75, 3.05) is 13.7 Å². The van der Waals surface area contributed by atoms with Gasteiger partial charge in [-0.15, -0.1) is 5.10 Å². The number of nitrogens with zero attached hydrogens (tertiary/aromatic N) is 5. The van der Waals surface area contributed by atoms with Crippen LogP contribution < -0.4 is 4.74 Å². The van der Waals surface area contributed by atoms with E-state index in [-0.39, 0.29) is 11.6 Å². The number of rotatable bonds is 4. The zero-order valence-electron chi connectivity index (χ0n) is 17.0. The van der Waals surface area contributed by atoms with Gasteiger partial charge in [-0.05, 0) is 66.4 Å². The van der Waals surface area contributed by atoms with Crippen molar-refractivity contribution in [2.45, 2.75) is 45.3 Å². The van der Waals surface area contributed by atoms with Crippen molar-refractivity contribution >= 4 is 0 Å².